The molecular formula is C21H11N3O3. The molecule has 0 aliphatic carbocycles. The van der Waals surface area contributed by atoms with E-state index in [1.165, 1.54) is 0 Å². The largest absolute Gasteiger partial charge is 0.476 e. The minimum absolute atomic E-state index is 0.197. The van der Waals surface area contributed by atoms with Gasteiger partial charge >= 0.3 is 5.97 Å². The van der Waals surface area contributed by atoms with Crippen molar-refractivity contribution in [3.63, 3.8) is 0 Å². The number of hydrogen-bond donors (Lipinski definition) is 3. The topological polar surface area (TPSA) is 98.3 Å². The van der Waals surface area contributed by atoms with Crippen LogP contribution in [0.4, 0.5) is 0 Å². The number of carboxylic acid groups (broad SMARTS) is 1. The summed E-state index contributed by atoms with van der Waals surface area (Å²) < 4.78 is 0. The van der Waals surface area contributed by atoms with Gasteiger partial charge in [-0.15, -0.1) is 0 Å². The van der Waals surface area contributed by atoms with Gasteiger partial charge in [-0.05, 0) is 12.1 Å². The molecule has 0 bridgehead atoms. The van der Waals surface area contributed by atoms with Crippen LogP contribution in [0.1, 0.15) is 15.9 Å². The summed E-state index contributed by atoms with van der Waals surface area (Å²) in [6.45, 7) is 0. The van der Waals surface area contributed by atoms with Crippen LogP contribution in [0.25, 0.3) is 43.6 Å². The Kier molecular flexibility index (Phi) is 2.44. The van der Waals surface area contributed by atoms with Crippen LogP contribution in [0.3, 0.4) is 0 Å². The Balaban J connectivity index is 2.00. The van der Waals surface area contributed by atoms with Gasteiger partial charge in [0.1, 0.15) is 0 Å². The number of rotatable bonds is 1. The predicted octanol–water partition coefficient (Wildman–Crippen LogP) is 3.98. The van der Waals surface area contributed by atoms with Gasteiger partial charge in [0.2, 0.25) is 0 Å². The molecule has 0 saturated heterocycles. The highest BCUT2D eigenvalue weighted by Gasteiger charge is 2.35. The van der Waals surface area contributed by atoms with Crippen molar-refractivity contribution in [2.24, 2.45) is 4.99 Å². The van der Waals surface area contributed by atoms with Crippen molar-refractivity contribution in [3.8, 4) is 0 Å². The first-order valence-corrected chi connectivity index (χ1v) is 8.48. The Labute approximate surface area is 151 Å². The van der Waals surface area contributed by atoms with Gasteiger partial charge in [0.15, 0.2) is 5.71 Å². The number of para-hydroxylation sites is 2. The molecule has 0 saturated carbocycles. The van der Waals surface area contributed by atoms with E-state index >= 15 is 0 Å². The average molecular weight is 353 g/mol. The quantitative estimate of drug-likeness (QED) is 0.425. The molecule has 6 rings (SSSR count). The number of aliphatic carboxylic acids is 1. The zero-order valence-corrected chi connectivity index (χ0v) is 13.8. The SMILES string of the molecule is O=C(O)C1=NC(=O)c2c1c1c3ccccc3[nH]c1c1[nH]c3ccccc3c21. The summed E-state index contributed by atoms with van der Waals surface area (Å²) in [7, 11) is 0. The molecule has 0 unspecified atom stereocenters. The first-order valence-electron chi connectivity index (χ1n) is 8.48. The molecule has 0 radical (unpaired) electrons. The molecule has 3 aromatic carbocycles. The Morgan fingerprint density at radius 3 is 1.89 bits per heavy atom. The first kappa shape index (κ1) is 14.3. The second-order valence-electron chi connectivity index (χ2n) is 6.66. The van der Waals surface area contributed by atoms with Gasteiger partial charge in [-0.1, -0.05) is 36.4 Å². The van der Waals surface area contributed by atoms with Crippen molar-refractivity contribution in [2.45, 2.75) is 0 Å². The Morgan fingerprint density at radius 1 is 0.815 bits per heavy atom. The molecule has 1 aliphatic rings. The molecular weight excluding hydrogens is 342 g/mol. The number of carbonyl (C=O) groups is 2. The van der Waals surface area contributed by atoms with Gasteiger partial charge in [0.05, 0.1) is 16.6 Å². The van der Waals surface area contributed by atoms with Crippen molar-refractivity contribution in [1.82, 2.24) is 9.97 Å². The average Bonchev–Trinajstić information content (AvgIpc) is 3.32. The Hall–Kier alpha value is -3.93. The number of H-pyrrole nitrogens is 2. The minimum atomic E-state index is -1.20. The van der Waals surface area contributed by atoms with Crippen LogP contribution in [-0.4, -0.2) is 32.7 Å². The first-order chi connectivity index (χ1) is 13.1. The normalized spacial score (nSPS) is 13.8. The second-order valence-corrected chi connectivity index (χ2v) is 6.66. The fraction of sp³-hybridized carbons (Fsp3) is 0. The number of fused-ring (bicyclic) bond motifs is 10. The molecule has 6 heteroatoms. The van der Waals surface area contributed by atoms with E-state index < -0.39 is 11.9 Å². The van der Waals surface area contributed by atoms with Gasteiger partial charge in [-0.25, -0.2) is 9.79 Å². The zero-order valence-electron chi connectivity index (χ0n) is 13.8. The molecule has 0 fully saturated rings. The lowest BCUT2D eigenvalue weighted by molar-refractivity contribution is -0.129. The van der Waals surface area contributed by atoms with Crippen molar-refractivity contribution >= 4 is 61.2 Å². The van der Waals surface area contributed by atoms with E-state index in [0.717, 1.165) is 32.8 Å². The van der Waals surface area contributed by atoms with Crippen LogP contribution in [0, 0.1) is 0 Å². The molecule has 0 spiro atoms. The highest BCUT2D eigenvalue weighted by molar-refractivity contribution is 6.53. The number of carboxylic acids is 1. The monoisotopic (exact) mass is 353 g/mol. The molecule has 2 aromatic heterocycles. The number of hydrogen-bond acceptors (Lipinski definition) is 2. The van der Waals surface area contributed by atoms with Crippen LogP contribution in [0.15, 0.2) is 53.5 Å². The Bertz CT molecular complexity index is 1520. The van der Waals surface area contributed by atoms with Crippen LogP contribution in [0.2, 0.25) is 0 Å². The van der Waals surface area contributed by atoms with E-state index in [1.807, 2.05) is 48.5 Å². The lowest BCUT2D eigenvalue weighted by Gasteiger charge is -2.05. The van der Waals surface area contributed by atoms with Crippen molar-refractivity contribution in [2.75, 3.05) is 0 Å². The molecule has 1 amide bonds. The molecule has 128 valence electrons. The number of nitrogens with one attached hydrogen (secondary N) is 2. The van der Waals surface area contributed by atoms with Gasteiger partial charge in [0, 0.05) is 38.1 Å². The third kappa shape index (κ3) is 1.62. The second kappa shape index (κ2) is 4.62. The maximum Gasteiger partial charge on any atom is 0.355 e. The number of carbonyl (C=O) groups excluding carboxylic acids is 1. The fourth-order valence-corrected chi connectivity index (χ4v) is 4.25. The van der Waals surface area contributed by atoms with Crippen LogP contribution >= 0.6 is 0 Å². The smallest absolute Gasteiger partial charge is 0.355 e. The van der Waals surface area contributed by atoms with Crippen molar-refractivity contribution in [3.05, 3.63) is 59.7 Å². The summed E-state index contributed by atoms with van der Waals surface area (Å²) in [5.74, 6) is -1.71. The number of nitrogens with zero attached hydrogens (tertiary/aromatic N) is 1. The molecule has 5 aromatic rings. The van der Waals surface area contributed by atoms with Gasteiger partial charge < -0.3 is 15.1 Å². The van der Waals surface area contributed by atoms with Crippen LogP contribution in [0.5, 0.6) is 0 Å². The third-order valence-corrected chi connectivity index (χ3v) is 5.28. The molecule has 3 heterocycles. The van der Waals surface area contributed by atoms with E-state index in [4.69, 9.17) is 0 Å². The van der Waals surface area contributed by atoms with E-state index in [1.54, 1.807) is 0 Å². The zero-order chi connectivity index (χ0) is 18.3. The number of benzene rings is 3. The summed E-state index contributed by atoms with van der Waals surface area (Å²) in [6, 6.07) is 15.3. The van der Waals surface area contributed by atoms with E-state index in [0.29, 0.717) is 21.9 Å². The molecule has 3 N–H and O–H groups in total. The summed E-state index contributed by atoms with van der Waals surface area (Å²) in [5.41, 5.74) is 3.90. The highest BCUT2D eigenvalue weighted by Crippen LogP contribution is 2.42. The van der Waals surface area contributed by atoms with Crippen molar-refractivity contribution < 1.29 is 14.7 Å². The summed E-state index contributed by atoms with van der Waals surface area (Å²) in [4.78, 5) is 35.3. The summed E-state index contributed by atoms with van der Waals surface area (Å²) >= 11 is 0. The van der Waals surface area contributed by atoms with Crippen LogP contribution in [-0.2, 0) is 4.79 Å². The summed E-state index contributed by atoms with van der Waals surface area (Å²) in [5, 5.41) is 12.9. The van der Waals surface area contributed by atoms with Gasteiger partial charge in [-0.2, -0.15) is 0 Å². The van der Waals surface area contributed by atoms with Crippen molar-refractivity contribution in [1.29, 1.82) is 0 Å². The standard InChI is InChI=1S/C21H11N3O3/c25-20-16-14-10-6-2-4-8-12(10)23-18(14)17-13(15(16)19(24-20)21(26)27)9-5-1-3-7-11(9)22-17/h1-8,22-23H,(H,26,27). The maximum absolute atomic E-state index is 12.8. The van der Waals surface area contributed by atoms with E-state index in [9.17, 15) is 14.7 Å². The van der Waals surface area contributed by atoms with E-state index in [2.05, 4.69) is 15.0 Å². The predicted molar refractivity (Wildman–Crippen MR) is 104 cm³/mol. The lowest BCUT2D eigenvalue weighted by atomic mass is 9.94. The van der Waals surface area contributed by atoms with E-state index in [-0.39, 0.29) is 5.71 Å². The molecule has 0 atom stereocenters. The Morgan fingerprint density at radius 2 is 1.33 bits per heavy atom. The molecule has 27 heavy (non-hydrogen) atoms. The van der Waals surface area contributed by atoms with Crippen LogP contribution < -0.4 is 0 Å². The minimum Gasteiger partial charge on any atom is -0.476 e. The number of aromatic amines is 2. The number of aromatic nitrogens is 2. The number of amides is 1. The third-order valence-electron chi connectivity index (χ3n) is 5.28. The lowest BCUT2D eigenvalue weighted by Crippen LogP contribution is -2.12. The van der Waals surface area contributed by atoms with Gasteiger partial charge in [-0.3, -0.25) is 4.79 Å². The maximum atomic E-state index is 12.8. The summed E-state index contributed by atoms with van der Waals surface area (Å²) in [6.07, 6.45) is 0. The fourth-order valence-electron chi connectivity index (χ4n) is 4.25. The molecule has 1 aliphatic heterocycles. The highest BCUT2D eigenvalue weighted by atomic mass is 16.4. The molecule has 6 nitrogen and oxygen atoms in total. The van der Waals surface area contributed by atoms with Gasteiger partial charge in [0.25, 0.3) is 5.91 Å². The number of aliphatic imine (C=N–C) groups is 1.